The van der Waals surface area contributed by atoms with Crippen molar-refractivity contribution in [3.8, 4) is 0 Å². The van der Waals surface area contributed by atoms with Crippen molar-refractivity contribution in [1.29, 1.82) is 0 Å². The molecule has 0 N–H and O–H groups in total. The number of hydrogen-bond donors (Lipinski definition) is 0. The molecule has 2 bridgehead atoms. The molecule has 0 spiro atoms. The molecule has 0 amide bonds. The van der Waals surface area contributed by atoms with E-state index in [2.05, 4.69) is 0 Å². The van der Waals surface area contributed by atoms with Gasteiger partial charge >= 0.3 is 23.9 Å². The Morgan fingerprint density at radius 1 is 0.829 bits per heavy atom. The summed E-state index contributed by atoms with van der Waals surface area (Å²) < 4.78 is 27.1. The summed E-state index contributed by atoms with van der Waals surface area (Å²) in [6.45, 7) is -0.332. The first-order chi connectivity index (χ1) is 16.9. The molecule has 9 heteroatoms. The zero-order valence-corrected chi connectivity index (χ0v) is 19.4. The van der Waals surface area contributed by atoms with Crippen molar-refractivity contribution in [2.24, 2.45) is 17.8 Å². The second-order valence-electron chi connectivity index (χ2n) is 8.57. The van der Waals surface area contributed by atoms with Gasteiger partial charge in [-0.3, -0.25) is 9.59 Å². The fraction of sp³-hybridized carbons (Fsp3) is 0.385. The van der Waals surface area contributed by atoms with Crippen molar-refractivity contribution in [2.45, 2.75) is 18.1 Å². The van der Waals surface area contributed by atoms with Gasteiger partial charge in [0.15, 0.2) is 0 Å². The van der Waals surface area contributed by atoms with Crippen LogP contribution in [-0.2, 0) is 33.3 Å². The minimum absolute atomic E-state index is 0.0475. The van der Waals surface area contributed by atoms with Gasteiger partial charge in [0.2, 0.25) is 0 Å². The number of carbonyl (C=O) groups excluding carboxylic acids is 4. The summed E-state index contributed by atoms with van der Waals surface area (Å²) in [6, 6.07) is 16.9. The smallest absolute Gasteiger partial charge is 0.338 e. The Hall–Kier alpha value is -3.72. The van der Waals surface area contributed by atoms with Crippen molar-refractivity contribution in [1.82, 2.24) is 0 Å². The number of esters is 4. The number of hydrogen-bond acceptors (Lipinski definition) is 9. The van der Waals surface area contributed by atoms with Crippen LogP contribution in [0.4, 0.5) is 0 Å². The van der Waals surface area contributed by atoms with Crippen LogP contribution in [0.15, 0.2) is 60.7 Å². The Morgan fingerprint density at radius 3 is 1.91 bits per heavy atom. The second-order valence-corrected chi connectivity index (χ2v) is 8.57. The third-order valence-electron chi connectivity index (χ3n) is 6.55. The van der Waals surface area contributed by atoms with Gasteiger partial charge in [0.1, 0.15) is 18.1 Å². The first-order valence-corrected chi connectivity index (χ1v) is 11.2. The van der Waals surface area contributed by atoms with Crippen molar-refractivity contribution < 1.29 is 42.9 Å². The summed E-state index contributed by atoms with van der Waals surface area (Å²) in [4.78, 5) is 50.5. The zero-order valence-electron chi connectivity index (χ0n) is 19.4. The molecule has 2 aromatic rings. The molecule has 0 radical (unpaired) electrons. The maximum atomic E-state index is 12.8. The molecule has 2 heterocycles. The summed E-state index contributed by atoms with van der Waals surface area (Å²) in [5.41, 5.74) is -0.603. The lowest BCUT2D eigenvalue weighted by Gasteiger charge is -2.35. The number of carbonyl (C=O) groups is 4. The third kappa shape index (κ3) is 4.77. The van der Waals surface area contributed by atoms with Gasteiger partial charge in [-0.2, -0.15) is 0 Å². The van der Waals surface area contributed by atoms with E-state index in [1.165, 1.54) is 14.2 Å². The molecule has 2 aromatic carbocycles. The van der Waals surface area contributed by atoms with Gasteiger partial charge in [-0.1, -0.05) is 36.4 Å². The highest BCUT2D eigenvalue weighted by Crippen LogP contribution is 2.55. The highest BCUT2D eigenvalue weighted by atomic mass is 16.6. The minimum atomic E-state index is -1.33. The van der Waals surface area contributed by atoms with E-state index < -0.39 is 53.3 Å². The summed E-state index contributed by atoms with van der Waals surface area (Å²) in [5, 5.41) is 0. The number of fused-ring (bicyclic) bond motifs is 2. The van der Waals surface area contributed by atoms with Crippen LogP contribution in [0.5, 0.6) is 0 Å². The van der Waals surface area contributed by atoms with Crippen LogP contribution in [0.25, 0.3) is 0 Å². The molecule has 9 nitrogen and oxygen atoms in total. The second kappa shape index (κ2) is 10.3. The molecular formula is C26H26O9. The summed E-state index contributed by atoms with van der Waals surface area (Å²) in [5.74, 6) is -4.91. The first-order valence-electron chi connectivity index (χ1n) is 11.2. The van der Waals surface area contributed by atoms with E-state index in [9.17, 15) is 19.2 Å². The van der Waals surface area contributed by atoms with Gasteiger partial charge < -0.3 is 23.7 Å². The molecule has 2 aliphatic heterocycles. The van der Waals surface area contributed by atoms with Crippen LogP contribution >= 0.6 is 0 Å². The molecule has 2 saturated heterocycles. The van der Waals surface area contributed by atoms with Crippen LogP contribution in [0.1, 0.15) is 27.1 Å². The van der Waals surface area contributed by atoms with Crippen LogP contribution in [0, 0.1) is 17.8 Å². The number of rotatable bonds is 8. The van der Waals surface area contributed by atoms with Crippen LogP contribution < -0.4 is 0 Å². The van der Waals surface area contributed by atoms with Crippen molar-refractivity contribution in [3.05, 3.63) is 71.8 Å². The summed E-state index contributed by atoms with van der Waals surface area (Å²) in [7, 11) is 2.43. The van der Waals surface area contributed by atoms with E-state index in [0.717, 1.165) is 0 Å². The normalized spacial score (nSPS) is 26.6. The first kappa shape index (κ1) is 24.4. The van der Waals surface area contributed by atoms with Crippen molar-refractivity contribution in [3.63, 3.8) is 0 Å². The van der Waals surface area contributed by atoms with E-state index in [-0.39, 0.29) is 19.6 Å². The maximum absolute atomic E-state index is 12.8. The Kier molecular flexibility index (Phi) is 7.16. The monoisotopic (exact) mass is 482 g/mol. The third-order valence-corrected chi connectivity index (χ3v) is 6.55. The van der Waals surface area contributed by atoms with E-state index in [4.69, 9.17) is 23.7 Å². The summed E-state index contributed by atoms with van der Waals surface area (Å²) in [6.07, 6.45) is -0.569. The van der Waals surface area contributed by atoms with Crippen molar-refractivity contribution >= 4 is 23.9 Å². The zero-order chi connectivity index (χ0) is 25.0. The standard InChI is InChI=1S/C26H26O9/c1-31-24(29)19-20(25(30)32-2)26(15-34-23(28)17-11-7-4-8-12-17)13-18(21(19)35-26)14-33-22(27)16-9-5-3-6-10-16/h3-12,18-21H,13-15H2,1-2H3/t18-,19+,20+,21-,26-/m1/s1. The molecule has 2 aliphatic rings. The van der Waals surface area contributed by atoms with Gasteiger partial charge in [-0.15, -0.1) is 0 Å². The minimum Gasteiger partial charge on any atom is -0.469 e. The average Bonchev–Trinajstić information content (AvgIpc) is 3.44. The number of methoxy groups -OCH3 is 2. The molecule has 0 aliphatic carbocycles. The van der Waals surface area contributed by atoms with E-state index in [0.29, 0.717) is 11.1 Å². The maximum Gasteiger partial charge on any atom is 0.338 e. The predicted octanol–water partition coefficient (Wildman–Crippen LogP) is 2.44. The lowest BCUT2D eigenvalue weighted by Crippen LogP contribution is -2.51. The SMILES string of the molecule is COC(=O)[C@@H]1[C@@H]2O[C@@](COC(=O)c3ccccc3)(C[C@@H]2COC(=O)c2ccccc2)[C@@H]1C(=O)OC. The molecule has 5 atom stereocenters. The average molecular weight is 482 g/mol. The number of benzene rings is 2. The van der Waals surface area contributed by atoms with Gasteiger partial charge in [-0.25, -0.2) is 9.59 Å². The van der Waals surface area contributed by atoms with E-state index in [1.807, 2.05) is 0 Å². The van der Waals surface area contributed by atoms with E-state index >= 15 is 0 Å². The lowest BCUT2D eigenvalue weighted by atomic mass is 9.67. The molecule has 0 saturated carbocycles. The van der Waals surface area contributed by atoms with Crippen molar-refractivity contribution in [2.75, 3.05) is 27.4 Å². The number of ether oxygens (including phenoxy) is 5. The Bertz CT molecular complexity index is 1080. The Morgan fingerprint density at radius 2 is 1.37 bits per heavy atom. The molecular weight excluding hydrogens is 456 g/mol. The fourth-order valence-corrected chi connectivity index (χ4v) is 4.98. The fourth-order valence-electron chi connectivity index (χ4n) is 4.98. The predicted molar refractivity (Wildman–Crippen MR) is 120 cm³/mol. The molecule has 184 valence electrons. The van der Waals surface area contributed by atoms with Gasteiger partial charge in [-0.05, 0) is 30.7 Å². The summed E-state index contributed by atoms with van der Waals surface area (Å²) >= 11 is 0. The largest absolute Gasteiger partial charge is 0.469 e. The van der Waals surface area contributed by atoms with E-state index in [1.54, 1.807) is 60.7 Å². The van der Waals surface area contributed by atoms with Crippen LogP contribution in [-0.4, -0.2) is 63.0 Å². The highest BCUT2D eigenvalue weighted by Gasteiger charge is 2.69. The van der Waals surface area contributed by atoms with Gasteiger partial charge in [0, 0.05) is 5.92 Å². The Balaban J connectivity index is 1.55. The molecule has 0 aromatic heterocycles. The molecule has 4 rings (SSSR count). The molecule has 35 heavy (non-hydrogen) atoms. The highest BCUT2D eigenvalue weighted by molar-refractivity contribution is 5.90. The Labute approximate surface area is 202 Å². The van der Waals surface area contributed by atoms with Gasteiger partial charge in [0.25, 0.3) is 0 Å². The molecule has 0 unspecified atom stereocenters. The van der Waals surface area contributed by atoms with Crippen LogP contribution in [0.3, 0.4) is 0 Å². The van der Waals surface area contributed by atoms with Crippen LogP contribution in [0.2, 0.25) is 0 Å². The lowest BCUT2D eigenvalue weighted by molar-refractivity contribution is -0.162. The van der Waals surface area contributed by atoms with Gasteiger partial charge in [0.05, 0.1) is 44.0 Å². The quantitative estimate of drug-likeness (QED) is 0.413. The molecule has 2 fully saturated rings. The topological polar surface area (TPSA) is 114 Å².